The first-order valence-corrected chi connectivity index (χ1v) is 10.0. The zero-order chi connectivity index (χ0) is 20.6. The van der Waals surface area contributed by atoms with E-state index in [1.165, 1.54) is 16.3 Å². The number of fused-ring (bicyclic) bond motifs is 1. The van der Waals surface area contributed by atoms with Crippen molar-refractivity contribution in [1.82, 2.24) is 5.32 Å². The highest BCUT2D eigenvalue weighted by atomic mass is 16.7. The summed E-state index contributed by atoms with van der Waals surface area (Å²) in [4.78, 5) is 12.4. The Bertz CT molecular complexity index is 742. The van der Waals surface area contributed by atoms with Crippen molar-refractivity contribution >= 4 is 16.9 Å². The fourth-order valence-corrected chi connectivity index (χ4v) is 3.19. The fraction of sp³-hybridized carbons (Fsp3) is 0.522. The largest absolute Gasteiger partial charge is 0.444 e. The molecule has 1 amide bonds. The third kappa shape index (κ3) is 7.13. The highest BCUT2D eigenvalue weighted by Crippen LogP contribution is 2.21. The number of hydrogen-bond acceptors (Lipinski definition) is 4. The number of alkyl carbamates (subject to hydrolysis) is 1. The lowest BCUT2D eigenvalue weighted by Crippen LogP contribution is -2.42. The van der Waals surface area contributed by atoms with Gasteiger partial charge in [-0.1, -0.05) is 42.5 Å². The minimum absolute atomic E-state index is 0.177. The summed E-state index contributed by atoms with van der Waals surface area (Å²) in [6, 6.07) is 14.3. The van der Waals surface area contributed by atoms with Crippen molar-refractivity contribution in [2.75, 3.05) is 13.2 Å². The molecule has 0 spiro atoms. The highest BCUT2D eigenvalue weighted by molar-refractivity contribution is 5.85. The third-order valence-corrected chi connectivity index (χ3v) is 4.25. The molecule has 2 rings (SSSR count). The van der Waals surface area contributed by atoms with E-state index in [9.17, 15) is 4.79 Å². The second-order valence-corrected chi connectivity index (χ2v) is 7.76. The molecule has 0 aliphatic carbocycles. The van der Waals surface area contributed by atoms with E-state index in [2.05, 4.69) is 29.6 Å². The smallest absolute Gasteiger partial charge is 0.407 e. The monoisotopic (exact) mass is 387 g/mol. The average molecular weight is 388 g/mol. The average Bonchev–Trinajstić information content (AvgIpc) is 2.61. The van der Waals surface area contributed by atoms with Gasteiger partial charge in [0.05, 0.1) is 0 Å². The van der Waals surface area contributed by atoms with Crippen LogP contribution >= 0.6 is 0 Å². The topological polar surface area (TPSA) is 56.8 Å². The van der Waals surface area contributed by atoms with Gasteiger partial charge in [-0.25, -0.2) is 4.79 Å². The van der Waals surface area contributed by atoms with Crippen molar-refractivity contribution in [3.8, 4) is 0 Å². The molecule has 0 bridgehead atoms. The molecule has 2 aromatic carbocycles. The first kappa shape index (κ1) is 22.2. The van der Waals surface area contributed by atoms with E-state index in [-0.39, 0.29) is 12.3 Å². The van der Waals surface area contributed by atoms with Gasteiger partial charge < -0.3 is 19.5 Å². The van der Waals surface area contributed by atoms with Gasteiger partial charge in [0.2, 0.25) is 0 Å². The van der Waals surface area contributed by atoms with Crippen LogP contribution in [-0.4, -0.2) is 37.2 Å². The summed E-state index contributed by atoms with van der Waals surface area (Å²) >= 11 is 0. The molecule has 5 nitrogen and oxygen atoms in total. The Hall–Kier alpha value is -2.11. The van der Waals surface area contributed by atoms with Gasteiger partial charge in [-0.15, -0.1) is 0 Å². The normalized spacial score (nSPS) is 12.9. The predicted molar refractivity (Wildman–Crippen MR) is 112 cm³/mol. The van der Waals surface area contributed by atoms with Gasteiger partial charge in [0.15, 0.2) is 6.29 Å². The van der Waals surface area contributed by atoms with Crippen molar-refractivity contribution in [3.05, 3.63) is 48.0 Å². The first-order valence-electron chi connectivity index (χ1n) is 10.0. The quantitative estimate of drug-likeness (QED) is 0.611. The highest BCUT2D eigenvalue weighted by Gasteiger charge is 2.23. The standard InChI is InChI=1S/C23H33NO4/c1-6-26-21(27-7-2)16-19(24-22(25)28-23(3,4)5)15-18-13-10-12-17-11-8-9-14-20(17)18/h8-14,19,21H,6-7,15-16H2,1-5H3,(H,24,25). The van der Waals surface area contributed by atoms with Crippen LogP contribution in [0.25, 0.3) is 10.8 Å². The maximum Gasteiger partial charge on any atom is 0.407 e. The number of benzene rings is 2. The van der Waals surface area contributed by atoms with Crippen molar-refractivity contribution < 1.29 is 19.0 Å². The molecule has 28 heavy (non-hydrogen) atoms. The zero-order valence-corrected chi connectivity index (χ0v) is 17.7. The molecule has 0 fully saturated rings. The van der Waals surface area contributed by atoms with Gasteiger partial charge in [0.25, 0.3) is 0 Å². The minimum atomic E-state index is -0.548. The molecule has 0 radical (unpaired) electrons. The van der Waals surface area contributed by atoms with Crippen LogP contribution < -0.4 is 5.32 Å². The minimum Gasteiger partial charge on any atom is -0.444 e. The van der Waals surface area contributed by atoms with Crippen LogP contribution in [0.3, 0.4) is 0 Å². The molecule has 0 saturated carbocycles. The van der Waals surface area contributed by atoms with E-state index in [0.717, 1.165) is 0 Å². The van der Waals surface area contributed by atoms with Gasteiger partial charge in [-0.3, -0.25) is 0 Å². The Kier molecular flexibility index (Phi) is 8.27. The summed E-state index contributed by atoms with van der Waals surface area (Å²) in [5.74, 6) is 0. The Morgan fingerprint density at radius 2 is 1.64 bits per heavy atom. The maximum atomic E-state index is 12.4. The third-order valence-electron chi connectivity index (χ3n) is 4.25. The van der Waals surface area contributed by atoms with Crippen LogP contribution in [-0.2, 0) is 20.6 Å². The Labute approximate surface area is 168 Å². The van der Waals surface area contributed by atoms with Crippen molar-refractivity contribution in [1.29, 1.82) is 0 Å². The van der Waals surface area contributed by atoms with Gasteiger partial charge in [-0.05, 0) is 57.4 Å². The number of hydrogen-bond donors (Lipinski definition) is 1. The molecule has 0 heterocycles. The van der Waals surface area contributed by atoms with E-state index >= 15 is 0 Å². The predicted octanol–water partition coefficient (Wildman–Crippen LogP) is 5.06. The number of carbonyl (C=O) groups is 1. The van der Waals surface area contributed by atoms with Crippen LogP contribution in [0.4, 0.5) is 4.79 Å². The van der Waals surface area contributed by atoms with E-state index in [1.54, 1.807) is 0 Å². The van der Waals surface area contributed by atoms with E-state index in [4.69, 9.17) is 14.2 Å². The van der Waals surface area contributed by atoms with Crippen LogP contribution in [0.5, 0.6) is 0 Å². The number of nitrogens with one attached hydrogen (secondary N) is 1. The van der Waals surface area contributed by atoms with E-state index < -0.39 is 11.7 Å². The van der Waals surface area contributed by atoms with Crippen molar-refractivity contribution in [2.24, 2.45) is 0 Å². The second kappa shape index (κ2) is 10.4. The SMILES string of the molecule is CCOC(CC(Cc1cccc2ccccc12)NC(=O)OC(C)(C)C)OCC. The molecule has 1 N–H and O–H groups in total. The molecule has 1 atom stereocenters. The lowest BCUT2D eigenvalue weighted by atomic mass is 9.97. The fourth-order valence-electron chi connectivity index (χ4n) is 3.19. The molecular formula is C23H33NO4. The summed E-state index contributed by atoms with van der Waals surface area (Å²) in [5.41, 5.74) is 0.624. The van der Waals surface area contributed by atoms with Crippen molar-refractivity contribution in [3.63, 3.8) is 0 Å². The molecule has 0 aliphatic rings. The van der Waals surface area contributed by atoms with Crippen LogP contribution in [0.15, 0.2) is 42.5 Å². The first-order chi connectivity index (χ1) is 13.3. The zero-order valence-electron chi connectivity index (χ0n) is 17.7. The van der Waals surface area contributed by atoms with E-state index in [1.807, 2.05) is 52.8 Å². The second-order valence-electron chi connectivity index (χ2n) is 7.76. The van der Waals surface area contributed by atoms with Crippen LogP contribution in [0, 0.1) is 0 Å². The molecule has 0 aromatic heterocycles. The van der Waals surface area contributed by atoms with Gasteiger partial charge in [-0.2, -0.15) is 0 Å². The molecular weight excluding hydrogens is 354 g/mol. The molecule has 1 unspecified atom stereocenters. The summed E-state index contributed by atoms with van der Waals surface area (Å²) in [6.45, 7) is 10.6. The lowest BCUT2D eigenvalue weighted by molar-refractivity contribution is -0.142. The van der Waals surface area contributed by atoms with Gasteiger partial charge in [0, 0.05) is 25.7 Å². The summed E-state index contributed by atoms with van der Waals surface area (Å²) < 4.78 is 16.9. The Morgan fingerprint density at radius 3 is 2.29 bits per heavy atom. The van der Waals surface area contributed by atoms with Gasteiger partial charge in [0.1, 0.15) is 5.60 Å². The number of ether oxygens (including phenoxy) is 3. The molecule has 5 heteroatoms. The Balaban J connectivity index is 2.21. The van der Waals surface area contributed by atoms with Crippen LogP contribution in [0.1, 0.15) is 46.6 Å². The summed E-state index contributed by atoms with van der Waals surface area (Å²) in [7, 11) is 0. The number of carbonyl (C=O) groups excluding carboxylic acids is 1. The Morgan fingerprint density at radius 1 is 1.00 bits per heavy atom. The molecule has 0 saturated heterocycles. The maximum absolute atomic E-state index is 12.4. The molecule has 2 aromatic rings. The summed E-state index contributed by atoms with van der Waals surface area (Å²) in [6.07, 6.45) is 0.413. The number of amides is 1. The molecule has 0 aliphatic heterocycles. The summed E-state index contributed by atoms with van der Waals surface area (Å²) in [5, 5.41) is 5.38. The lowest BCUT2D eigenvalue weighted by Gasteiger charge is -2.27. The van der Waals surface area contributed by atoms with Crippen molar-refractivity contribution in [2.45, 2.75) is 65.4 Å². The number of rotatable bonds is 9. The van der Waals surface area contributed by atoms with E-state index in [0.29, 0.717) is 26.1 Å². The van der Waals surface area contributed by atoms with Crippen LogP contribution in [0.2, 0.25) is 0 Å². The van der Waals surface area contributed by atoms with Gasteiger partial charge >= 0.3 is 6.09 Å². The molecule has 154 valence electrons.